The molecule has 114 valence electrons. The molecule has 1 aromatic rings. The SMILES string of the molecule is CCC1(C)CC2(CCO1)CN=C(N)N2c1ccc(F)cc1. The Hall–Kier alpha value is -1.62. The normalized spacial score (nSPS) is 32.5. The first-order valence-electron chi connectivity index (χ1n) is 7.48. The van der Waals surface area contributed by atoms with Gasteiger partial charge in [0.15, 0.2) is 5.96 Å². The zero-order valence-electron chi connectivity index (χ0n) is 12.6. The summed E-state index contributed by atoms with van der Waals surface area (Å²) in [4.78, 5) is 6.54. The van der Waals surface area contributed by atoms with Gasteiger partial charge in [-0.25, -0.2) is 4.39 Å². The van der Waals surface area contributed by atoms with Gasteiger partial charge in [-0.05, 0) is 44.0 Å². The highest BCUT2D eigenvalue weighted by Crippen LogP contribution is 2.42. The maximum absolute atomic E-state index is 13.2. The number of rotatable bonds is 2. The van der Waals surface area contributed by atoms with Crippen LogP contribution in [0, 0.1) is 5.82 Å². The summed E-state index contributed by atoms with van der Waals surface area (Å²) in [6.07, 6.45) is 2.70. The quantitative estimate of drug-likeness (QED) is 0.911. The molecule has 0 aliphatic carbocycles. The van der Waals surface area contributed by atoms with Crippen molar-refractivity contribution in [3.05, 3.63) is 30.1 Å². The summed E-state index contributed by atoms with van der Waals surface area (Å²) < 4.78 is 19.1. The Kier molecular flexibility index (Phi) is 3.40. The monoisotopic (exact) mass is 291 g/mol. The number of nitrogens with zero attached hydrogens (tertiary/aromatic N) is 2. The summed E-state index contributed by atoms with van der Waals surface area (Å²) >= 11 is 0. The summed E-state index contributed by atoms with van der Waals surface area (Å²) in [5.41, 5.74) is 6.72. The summed E-state index contributed by atoms with van der Waals surface area (Å²) in [5.74, 6) is 0.273. The molecule has 5 heteroatoms. The van der Waals surface area contributed by atoms with E-state index in [4.69, 9.17) is 10.5 Å². The lowest BCUT2D eigenvalue weighted by Gasteiger charge is -2.48. The van der Waals surface area contributed by atoms with Gasteiger partial charge in [0.25, 0.3) is 0 Å². The largest absolute Gasteiger partial charge is 0.375 e. The Balaban J connectivity index is 1.96. The lowest BCUT2D eigenvalue weighted by molar-refractivity contribution is -0.0902. The molecule has 2 atom stereocenters. The van der Waals surface area contributed by atoms with Crippen LogP contribution in [0.2, 0.25) is 0 Å². The smallest absolute Gasteiger partial charge is 0.196 e. The van der Waals surface area contributed by atoms with E-state index in [2.05, 4.69) is 23.7 Å². The summed E-state index contributed by atoms with van der Waals surface area (Å²) in [6.45, 7) is 5.66. The van der Waals surface area contributed by atoms with E-state index in [1.54, 1.807) is 12.1 Å². The average Bonchev–Trinajstić information content (AvgIpc) is 2.77. The third kappa shape index (κ3) is 2.39. The van der Waals surface area contributed by atoms with Crippen molar-refractivity contribution in [2.75, 3.05) is 18.1 Å². The Morgan fingerprint density at radius 2 is 2.10 bits per heavy atom. The molecule has 0 saturated carbocycles. The Labute approximate surface area is 124 Å². The number of anilines is 1. The number of aliphatic imine (C=N–C) groups is 1. The maximum Gasteiger partial charge on any atom is 0.196 e. The van der Waals surface area contributed by atoms with E-state index < -0.39 is 0 Å². The first-order chi connectivity index (χ1) is 9.98. The van der Waals surface area contributed by atoms with Crippen LogP contribution in [0.5, 0.6) is 0 Å². The van der Waals surface area contributed by atoms with Gasteiger partial charge in [0.05, 0.1) is 17.7 Å². The van der Waals surface area contributed by atoms with Gasteiger partial charge in [-0.1, -0.05) is 6.92 Å². The third-order valence-electron chi connectivity index (χ3n) is 4.79. The molecule has 0 radical (unpaired) electrons. The van der Waals surface area contributed by atoms with E-state index in [1.165, 1.54) is 12.1 Å². The van der Waals surface area contributed by atoms with E-state index in [1.807, 2.05) is 0 Å². The van der Waals surface area contributed by atoms with Crippen molar-refractivity contribution in [2.45, 2.75) is 44.2 Å². The Morgan fingerprint density at radius 1 is 1.38 bits per heavy atom. The van der Waals surface area contributed by atoms with Crippen LogP contribution in [0.15, 0.2) is 29.3 Å². The van der Waals surface area contributed by atoms with Gasteiger partial charge >= 0.3 is 0 Å². The number of nitrogens with two attached hydrogens (primary N) is 1. The number of hydrogen-bond donors (Lipinski definition) is 1. The molecule has 2 aliphatic rings. The van der Waals surface area contributed by atoms with Crippen molar-refractivity contribution in [1.29, 1.82) is 0 Å². The molecule has 1 saturated heterocycles. The molecule has 2 aliphatic heterocycles. The van der Waals surface area contributed by atoms with Crippen LogP contribution < -0.4 is 10.6 Å². The number of benzene rings is 1. The van der Waals surface area contributed by atoms with Gasteiger partial charge in [0, 0.05) is 18.7 Å². The highest BCUT2D eigenvalue weighted by Gasteiger charge is 2.50. The lowest BCUT2D eigenvalue weighted by atomic mass is 9.78. The van der Waals surface area contributed by atoms with Crippen LogP contribution in [0.1, 0.15) is 33.1 Å². The minimum absolute atomic E-state index is 0.148. The van der Waals surface area contributed by atoms with Gasteiger partial charge in [-0.3, -0.25) is 4.99 Å². The molecule has 1 aromatic carbocycles. The number of hydrogen-bond acceptors (Lipinski definition) is 4. The third-order valence-corrected chi connectivity index (χ3v) is 4.79. The average molecular weight is 291 g/mol. The number of guanidine groups is 1. The van der Waals surface area contributed by atoms with Crippen molar-refractivity contribution in [3.8, 4) is 0 Å². The highest BCUT2D eigenvalue weighted by molar-refractivity contribution is 5.98. The van der Waals surface area contributed by atoms with Gasteiger partial charge in [-0.2, -0.15) is 0 Å². The fourth-order valence-electron chi connectivity index (χ4n) is 3.48. The van der Waals surface area contributed by atoms with E-state index in [9.17, 15) is 4.39 Å². The first-order valence-corrected chi connectivity index (χ1v) is 7.48. The molecular weight excluding hydrogens is 269 g/mol. The summed E-state index contributed by atoms with van der Waals surface area (Å²) in [5, 5.41) is 0. The lowest BCUT2D eigenvalue weighted by Crippen LogP contribution is -2.59. The Bertz CT molecular complexity index is 559. The van der Waals surface area contributed by atoms with E-state index >= 15 is 0 Å². The van der Waals surface area contributed by atoms with E-state index in [0.717, 1.165) is 24.9 Å². The van der Waals surface area contributed by atoms with Gasteiger partial charge < -0.3 is 15.4 Å². The first kappa shape index (κ1) is 14.3. The predicted octanol–water partition coefficient (Wildman–Crippen LogP) is 2.68. The second-order valence-corrected chi connectivity index (χ2v) is 6.29. The molecule has 0 amide bonds. The topological polar surface area (TPSA) is 50.9 Å². The van der Waals surface area contributed by atoms with Gasteiger partial charge in [0.2, 0.25) is 0 Å². The van der Waals surface area contributed by atoms with Crippen LogP contribution in [0.4, 0.5) is 10.1 Å². The van der Waals surface area contributed by atoms with Crippen molar-refractivity contribution in [1.82, 2.24) is 0 Å². The molecule has 21 heavy (non-hydrogen) atoms. The second kappa shape index (κ2) is 4.98. The van der Waals surface area contributed by atoms with Crippen LogP contribution in [0.25, 0.3) is 0 Å². The minimum atomic E-state index is -0.243. The molecule has 1 spiro atoms. The molecule has 0 bridgehead atoms. The fourth-order valence-corrected chi connectivity index (χ4v) is 3.48. The van der Waals surface area contributed by atoms with Crippen molar-refractivity contribution >= 4 is 11.6 Å². The summed E-state index contributed by atoms with van der Waals surface area (Å²) in [6, 6.07) is 6.47. The standard InChI is InChI=1S/C16H22FN3O/c1-3-15(2)10-16(8-9-21-15)11-19-14(18)20(16)13-6-4-12(17)5-7-13/h4-7H,3,8-11H2,1-2H3,(H2,18,19). The van der Waals surface area contributed by atoms with Crippen molar-refractivity contribution < 1.29 is 9.13 Å². The zero-order chi connectivity index (χ0) is 15.1. The highest BCUT2D eigenvalue weighted by atomic mass is 19.1. The molecular formula is C16H22FN3O. The number of halogens is 1. The van der Waals surface area contributed by atoms with E-state index in [-0.39, 0.29) is 17.0 Å². The second-order valence-electron chi connectivity index (χ2n) is 6.29. The summed E-state index contributed by atoms with van der Waals surface area (Å²) in [7, 11) is 0. The molecule has 3 rings (SSSR count). The van der Waals surface area contributed by atoms with Crippen LogP contribution in [-0.2, 0) is 4.74 Å². The predicted molar refractivity (Wildman–Crippen MR) is 82.0 cm³/mol. The van der Waals surface area contributed by atoms with Crippen LogP contribution in [0.3, 0.4) is 0 Å². The van der Waals surface area contributed by atoms with Gasteiger partial charge in [-0.15, -0.1) is 0 Å². The van der Waals surface area contributed by atoms with E-state index in [0.29, 0.717) is 19.1 Å². The van der Waals surface area contributed by atoms with Crippen LogP contribution >= 0.6 is 0 Å². The van der Waals surface area contributed by atoms with Crippen molar-refractivity contribution in [2.24, 2.45) is 10.7 Å². The number of ether oxygens (including phenoxy) is 1. The minimum Gasteiger partial charge on any atom is -0.375 e. The van der Waals surface area contributed by atoms with Gasteiger partial charge in [0.1, 0.15) is 5.82 Å². The molecule has 2 heterocycles. The fraction of sp³-hybridized carbons (Fsp3) is 0.562. The molecule has 2 unspecified atom stereocenters. The van der Waals surface area contributed by atoms with Crippen LogP contribution in [-0.4, -0.2) is 30.3 Å². The molecule has 1 fully saturated rings. The molecule has 4 nitrogen and oxygen atoms in total. The Morgan fingerprint density at radius 3 is 2.76 bits per heavy atom. The zero-order valence-corrected chi connectivity index (χ0v) is 12.6. The maximum atomic E-state index is 13.2. The van der Waals surface area contributed by atoms with Crippen molar-refractivity contribution in [3.63, 3.8) is 0 Å². The molecule has 0 aromatic heterocycles. The molecule has 2 N–H and O–H groups in total.